The third-order valence-corrected chi connectivity index (χ3v) is 3.94. The van der Waals surface area contributed by atoms with E-state index in [1.165, 1.54) is 45.1 Å². The van der Waals surface area contributed by atoms with Gasteiger partial charge >= 0.3 is 0 Å². The van der Waals surface area contributed by atoms with Crippen LogP contribution in [0.5, 0.6) is 0 Å². The summed E-state index contributed by atoms with van der Waals surface area (Å²) in [6, 6.07) is 1.47. The molecule has 2 heteroatoms. The average Bonchev–Trinajstić information content (AvgIpc) is 2.27. The van der Waals surface area contributed by atoms with Crippen molar-refractivity contribution in [1.82, 2.24) is 10.2 Å². The predicted octanol–water partition coefficient (Wildman–Crippen LogP) is 2.89. The van der Waals surface area contributed by atoms with Gasteiger partial charge in [0.15, 0.2) is 0 Å². The molecule has 0 bridgehead atoms. The van der Waals surface area contributed by atoms with E-state index in [-0.39, 0.29) is 0 Å². The molecular weight excluding hydrogens is 196 g/mol. The van der Waals surface area contributed by atoms with Gasteiger partial charge in [0, 0.05) is 12.1 Å². The van der Waals surface area contributed by atoms with Crippen LogP contribution in [-0.4, -0.2) is 37.6 Å². The number of nitrogens with one attached hydrogen (secondary N) is 1. The summed E-state index contributed by atoms with van der Waals surface area (Å²) >= 11 is 0. The first-order valence-electron chi connectivity index (χ1n) is 7.08. The number of nitrogens with zero attached hydrogens (tertiary/aromatic N) is 1. The Morgan fingerprint density at radius 3 is 2.44 bits per heavy atom. The molecule has 0 aliphatic heterocycles. The number of likely N-dealkylation sites (N-methyl/N-ethyl adjacent to an activating group) is 1. The normalized spacial score (nSPS) is 30.9. The largest absolute Gasteiger partial charge is 0.312 e. The van der Waals surface area contributed by atoms with Gasteiger partial charge in [0.05, 0.1) is 0 Å². The Labute approximate surface area is 102 Å². The lowest BCUT2D eigenvalue weighted by atomic mass is 9.79. The highest BCUT2D eigenvalue weighted by Gasteiger charge is 2.30. The molecule has 0 spiro atoms. The van der Waals surface area contributed by atoms with Crippen molar-refractivity contribution in [2.45, 2.75) is 64.5 Å². The minimum absolute atomic E-state index is 0.725. The van der Waals surface area contributed by atoms with Crippen LogP contribution < -0.4 is 5.32 Å². The van der Waals surface area contributed by atoms with Crippen LogP contribution in [0.1, 0.15) is 52.4 Å². The molecule has 0 amide bonds. The van der Waals surface area contributed by atoms with Crippen LogP contribution in [0.3, 0.4) is 0 Å². The van der Waals surface area contributed by atoms with Crippen LogP contribution in [0.25, 0.3) is 0 Å². The second-order valence-electron chi connectivity index (χ2n) is 5.56. The lowest BCUT2D eigenvalue weighted by Crippen LogP contribution is -2.51. The fourth-order valence-corrected chi connectivity index (χ4v) is 3.04. The van der Waals surface area contributed by atoms with Gasteiger partial charge in [-0.15, -0.1) is 0 Å². The molecule has 96 valence electrons. The minimum atomic E-state index is 0.725. The highest BCUT2D eigenvalue weighted by atomic mass is 15.1. The summed E-state index contributed by atoms with van der Waals surface area (Å²) in [5.74, 6) is 0.970. The van der Waals surface area contributed by atoms with Crippen molar-refractivity contribution >= 4 is 0 Å². The Bertz CT molecular complexity index is 180. The van der Waals surface area contributed by atoms with E-state index in [1.807, 2.05) is 0 Å². The van der Waals surface area contributed by atoms with E-state index >= 15 is 0 Å². The fourth-order valence-electron chi connectivity index (χ4n) is 3.04. The zero-order valence-corrected chi connectivity index (χ0v) is 11.6. The fraction of sp³-hybridized carbons (Fsp3) is 1.00. The van der Waals surface area contributed by atoms with Crippen molar-refractivity contribution in [3.63, 3.8) is 0 Å². The van der Waals surface area contributed by atoms with Crippen molar-refractivity contribution in [2.24, 2.45) is 5.92 Å². The average molecular weight is 226 g/mol. The predicted molar refractivity (Wildman–Crippen MR) is 71.8 cm³/mol. The summed E-state index contributed by atoms with van der Waals surface area (Å²) in [5, 5.41) is 3.72. The summed E-state index contributed by atoms with van der Waals surface area (Å²) in [4.78, 5) is 2.43. The summed E-state index contributed by atoms with van der Waals surface area (Å²) in [7, 11) is 4.47. The second kappa shape index (κ2) is 7.29. The van der Waals surface area contributed by atoms with Crippen LogP contribution in [0, 0.1) is 5.92 Å². The molecule has 3 unspecified atom stereocenters. The van der Waals surface area contributed by atoms with Crippen LogP contribution >= 0.6 is 0 Å². The van der Waals surface area contributed by atoms with Crippen molar-refractivity contribution in [1.29, 1.82) is 0 Å². The number of hydrogen-bond donors (Lipinski definition) is 1. The van der Waals surface area contributed by atoms with Crippen LogP contribution in [-0.2, 0) is 0 Å². The van der Waals surface area contributed by atoms with Gasteiger partial charge < -0.3 is 10.2 Å². The first kappa shape index (κ1) is 14.0. The maximum atomic E-state index is 3.72. The molecule has 1 rings (SSSR count). The SMILES string of the molecule is CCCNC1CCC(CCC)CC1N(C)C. The van der Waals surface area contributed by atoms with E-state index in [2.05, 4.69) is 38.2 Å². The molecule has 0 radical (unpaired) electrons. The summed E-state index contributed by atoms with van der Waals surface area (Å²) < 4.78 is 0. The molecular formula is C14H30N2. The standard InChI is InChI=1S/C14H30N2/c1-5-7-12-8-9-13(15-10-6-2)14(11-12)16(3)4/h12-15H,5-11H2,1-4H3. The molecule has 1 aliphatic carbocycles. The molecule has 1 aliphatic rings. The molecule has 0 heterocycles. The molecule has 1 N–H and O–H groups in total. The highest BCUT2D eigenvalue weighted by Crippen LogP contribution is 2.30. The van der Waals surface area contributed by atoms with Crippen LogP contribution in [0.2, 0.25) is 0 Å². The van der Waals surface area contributed by atoms with Crippen LogP contribution in [0.15, 0.2) is 0 Å². The Balaban J connectivity index is 2.46. The molecule has 0 aromatic carbocycles. The topological polar surface area (TPSA) is 15.3 Å². The maximum Gasteiger partial charge on any atom is 0.0245 e. The van der Waals surface area contributed by atoms with E-state index in [9.17, 15) is 0 Å². The van der Waals surface area contributed by atoms with E-state index < -0.39 is 0 Å². The van der Waals surface area contributed by atoms with Crippen molar-refractivity contribution in [3.05, 3.63) is 0 Å². The zero-order valence-electron chi connectivity index (χ0n) is 11.6. The van der Waals surface area contributed by atoms with E-state index in [0.29, 0.717) is 0 Å². The second-order valence-corrected chi connectivity index (χ2v) is 5.56. The number of rotatable bonds is 6. The van der Waals surface area contributed by atoms with Crippen molar-refractivity contribution < 1.29 is 0 Å². The molecule has 0 saturated heterocycles. The third kappa shape index (κ3) is 4.06. The van der Waals surface area contributed by atoms with E-state index in [4.69, 9.17) is 0 Å². The Morgan fingerprint density at radius 2 is 1.88 bits per heavy atom. The lowest BCUT2D eigenvalue weighted by Gasteiger charge is -2.40. The Hall–Kier alpha value is -0.0800. The Morgan fingerprint density at radius 1 is 1.12 bits per heavy atom. The number of hydrogen-bond acceptors (Lipinski definition) is 2. The van der Waals surface area contributed by atoms with Gasteiger partial charge in [-0.2, -0.15) is 0 Å². The smallest absolute Gasteiger partial charge is 0.0245 e. The molecule has 3 atom stereocenters. The lowest BCUT2D eigenvalue weighted by molar-refractivity contribution is 0.136. The first-order valence-corrected chi connectivity index (χ1v) is 7.08. The molecule has 1 saturated carbocycles. The first-order chi connectivity index (χ1) is 7.69. The summed E-state index contributed by atoms with van der Waals surface area (Å²) in [5.41, 5.74) is 0. The van der Waals surface area contributed by atoms with E-state index in [1.54, 1.807) is 0 Å². The molecule has 16 heavy (non-hydrogen) atoms. The van der Waals surface area contributed by atoms with Gasteiger partial charge in [-0.25, -0.2) is 0 Å². The monoisotopic (exact) mass is 226 g/mol. The van der Waals surface area contributed by atoms with Gasteiger partial charge in [0.25, 0.3) is 0 Å². The van der Waals surface area contributed by atoms with Crippen LogP contribution in [0.4, 0.5) is 0 Å². The highest BCUT2D eigenvalue weighted by molar-refractivity contribution is 4.89. The zero-order chi connectivity index (χ0) is 12.0. The summed E-state index contributed by atoms with van der Waals surface area (Å²) in [6.07, 6.45) is 8.20. The molecule has 0 aromatic heterocycles. The molecule has 1 fully saturated rings. The maximum absolute atomic E-state index is 3.72. The summed E-state index contributed by atoms with van der Waals surface area (Å²) in [6.45, 7) is 5.74. The minimum Gasteiger partial charge on any atom is -0.312 e. The quantitative estimate of drug-likeness (QED) is 0.749. The van der Waals surface area contributed by atoms with Crippen molar-refractivity contribution in [3.8, 4) is 0 Å². The van der Waals surface area contributed by atoms with Gasteiger partial charge in [-0.1, -0.05) is 26.7 Å². The van der Waals surface area contributed by atoms with Gasteiger partial charge in [0.1, 0.15) is 0 Å². The van der Waals surface area contributed by atoms with Gasteiger partial charge in [0.2, 0.25) is 0 Å². The van der Waals surface area contributed by atoms with E-state index in [0.717, 1.165) is 18.0 Å². The molecule has 2 nitrogen and oxygen atoms in total. The third-order valence-electron chi connectivity index (χ3n) is 3.94. The van der Waals surface area contributed by atoms with Gasteiger partial charge in [-0.3, -0.25) is 0 Å². The van der Waals surface area contributed by atoms with Gasteiger partial charge in [-0.05, 0) is 52.2 Å². The Kier molecular flexibility index (Phi) is 6.37. The van der Waals surface area contributed by atoms with Crippen molar-refractivity contribution in [2.75, 3.05) is 20.6 Å². The molecule has 0 aromatic rings.